The number of fused-ring (bicyclic) bond motifs is 1. The number of carbonyl (C=O) groups is 1. The van der Waals surface area contributed by atoms with Crippen molar-refractivity contribution >= 4 is 23.5 Å². The molecule has 0 aliphatic heterocycles. The molecule has 0 atom stereocenters. The summed E-state index contributed by atoms with van der Waals surface area (Å²) in [7, 11) is 0. The van der Waals surface area contributed by atoms with Crippen LogP contribution in [-0.4, -0.2) is 10.8 Å². The van der Waals surface area contributed by atoms with Gasteiger partial charge in [-0.2, -0.15) is 0 Å². The van der Waals surface area contributed by atoms with Crippen molar-refractivity contribution in [2.24, 2.45) is 0 Å². The van der Waals surface area contributed by atoms with Crippen LogP contribution in [0.2, 0.25) is 5.02 Å². The summed E-state index contributed by atoms with van der Waals surface area (Å²) < 4.78 is 0. The van der Waals surface area contributed by atoms with Crippen LogP contribution in [-0.2, 0) is 12.8 Å². The first-order valence-electron chi connectivity index (χ1n) is 7.79. The number of aromatic amines is 1. The van der Waals surface area contributed by atoms with Gasteiger partial charge in [0, 0.05) is 10.7 Å². The van der Waals surface area contributed by atoms with E-state index in [2.05, 4.69) is 4.98 Å². The van der Waals surface area contributed by atoms with E-state index in [1.54, 1.807) is 12.1 Å². The molecule has 3 nitrogen and oxygen atoms in total. The van der Waals surface area contributed by atoms with E-state index in [0.29, 0.717) is 5.02 Å². The van der Waals surface area contributed by atoms with E-state index >= 15 is 0 Å². The molecule has 0 radical (unpaired) electrons. The number of benzene rings is 1. The van der Waals surface area contributed by atoms with E-state index in [1.807, 2.05) is 25.1 Å². The monoisotopic (exact) mass is 327 g/mol. The summed E-state index contributed by atoms with van der Waals surface area (Å²) >= 11 is 6.09. The number of rotatable bonds is 3. The molecule has 1 aromatic carbocycles. The van der Waals surface area contributed by atoms with Gasteiger partial charge in [-0.3, -0.25) is 9.59 Å². The number of H-pyrrole nitrogens is 1. The van der Waals surface area contributed by atoms with Crippen LogP contribution in [0.25, 0.3) is 6.08 Å². The third kappa shape index (κ3) is 3.15. The Kier molecular flexibility index (Phi) is 4.49. The average Bonchev–Trinajstić information content (AvgIpc) is 2.54. The van der Waals surface area contributed by atoms with Gasteiger partial charge in [0.1, 0.15) is 0 Å². The van der Waals surface area contributed by atoms with Gasteiger partial charge >= 0.3 is 0 Å². The molecule has 0 unspecified atom stereocenters. The summed E-state index contributed by atoms with van der Waals surface area (Å²) in [6.07, 6.45) is 6.94. The minimum Gasteiger partial charge on any atom is -0.326 e. The molecule has 1 N–H and O–H groups in total. The number of aryl methyl sites for hydroxylation is 1. The molecule has 2 aromatic rings. The Labute approximate surface area is 140 Å². The van der Waals surface area contributed by atoms with Crippen LogP contribution in [0.4, 0.5) is 0 Å². The van der Waals surface area contributed by atoms with Crippen molar-refractivity contribution in [3.8, 4) is 0 Å². The molecule has 1 aromatic heterocycles. The average molecular weight is 328 g/mol. The fourth-order valence-corrected chi connectivity index (χ4v) is 3.36. The van der Waals surface area contributed by atoms with Gasteiger partial charge in [-0.1, -0.05) is 29.8 Å². The number of ketones is 1. The highest BCUT2D eigenvalue weighted by Gasteiger charge is 2.21. The zero-order valence-electron chi connectivity index (χ0n) is 13.0. The normalized spacial score (nSPS) is 14.0. The van der Waals surface area contributed by atoms with Gasteiger partial charge in [0.25, 0.3) is 5.56 Å². The second-order valence-corrected chi connectivity index (χ2v) is 6.24. The molecule has 0 amide bonds. The lowest BCUT2D eigenvalue weighted by atomic mass is 9.87. The van der Waals surface area contributed by atoms with Crippen LogP contribution >= 0.6 is 11.6 Å². The molecule has 0 spiro atoms. The van der Waals surface area contributed by atoms with Crippen LogP contribution in [0.15, 0.2) is 35.1 Å². The molecule has 0 bridgehead atoms. The number of allylic oxidation sites excluding steroid dienone is 1. The first kappa shape index (κ1) is 15.8. The molecule has 1 aliphatic carbocycles. The summed E-state index contributed by atoms with van der Waals surface area (Å²) in [5, 5.41) is 0.580. The predicted octanol–water partition coefficient (Wildman–Crippen LogP) is 4.11. The first-order chi connectivity index (χ1) is 11.1. The van der Waals surface area contributed by atoms with E-state index in [0.717, 1.165) is 48.1 Å². The number of nitrogens with one attached hydrogen (secondary N) is 1. The van der Waals surface area contributed by atoms with Gasteiger partial charge in [-0.25, -0.2) is 0 Å². The Morgan fingerprint density at radius 1 is 1.17 bits per heavy atom. The van der Waals surface area contributed by atoms with Gasteiger partial charge in [-0.05, 0) is 67.5 Å². The van der Waals surface area contributed by atoms with E-state index in [9.17, 15) is 9.59 Å². The number of hydrogen-bond donors (Lipinski definition) is 1. The number of carbonyl (C=O) groups excluding carboxylic acids is 1. The van der Waals surface area contributed by atoms with Crippen molar-refractivity contribution in [2.75, 3.05) is 0 Å². The minimum absolute atomic E-state index is 0.260. The number of halogens is 1. The Morgan fingerprint density at radius 3 is 2.61 bits per heavy atom. The molecule has 0 saturated carbocycles. The molecular formula is C19H18ClNO2. The van der Waals surface area contributed by atoms with Crippen molar-refractivity contribution in [1.82, 2.24) is 4.98 Å². The van der Waals surface area contributed by atoms with Crippen molar-refractivity contribution < 1.29 is 4.79 Å². The van der Waals surface area contributed by atoms with Gasteiger partial charge in [0.2, 0.25) is 0 Å². The van der Waals surface area contributed by atoms with Crippen LogP contribution < -0.4 is 5.56 Å². The largest absolute Gasteiger partial charge is 0.326 e. The third-order valence-corrected chi connectivity index (χ3v) is 4.66. The Morgan fingerprint density at radius 2 is 1.87 bits per heavy atom. The number of hydrogen-bond acceptors (Lipinski definition) is 2. The fourth-order valence-electron chi connectivity index (χ4n) is 3.16. The van der Waals surface area contributed by atoms with Gasteiger partial charge < -0.3 is 4.98 Å². The van der Waals surface area contributed by atoms with Crippen LogP contribution in [0.3, 0.4) is 0 Å². The van der Waals surface area contributed by atoms with Crippen molar-refractivity contribution in [3.63, 3.8) is 0 Å². The standard InChI is InChI=1S/C19H18ClNO2/c1-12-14-7-3-4-8-15(14)18(19(23)21-12)17(22)11-10-13-6-2-5-9-16(13)20/h2,5-6,9-11H,3-4,7-8H2,1H3,(H,21,23)/b11-10+. The predicted molar refractivity (Wildman–Crippen MR) is 93.3 cm³/mol. The van der Waals surface area contributed by atoms with E-state index in [4.69, 9.17) is 11.6 Å². The van der Waals surface area contributed by atoms with Gasteiger partial charge in [0.05, 0.1) is 5.56 Å². The highest BCUT2D eigenvalue weighted by atomic mass is 35.5. The molecule has 1 aliphatic rings. The van der Waals surface area contributed by atoms with Crippen LogP contribution in [0.1, 0.15) is 45.6 Å². The third-order valence-electron chi connectivity index (χ3n) is 4.32. The molecule has 23 heavy (non-hydrogen) atoms. The summed E-state index contributed by atoms with van der Waals surface area (Å²) in [5.41, 5.74) is 3.69. The highest BCUT2D eigenvalue weighted by molar-refractivity contribution is 6.32. The molecule has 4 heteroatoms. The Balaban J connectivity index is 2.00. The van der Waals surface area contributed by atoms with Crippen molar-refractivity contribution in [3.05, 3.63) is 73.7 Å². The zero-order chi connectivity index (χ0) is 16.4. The summed E-state index contributed by atoms with van der Waals surface area (Å²) in [5.74, 6) is -0.260. The lowest BCUT2D eigenvalue weighted by molar-refractivity contribution is 0.104. The second-order valence-electron chi connectivity index (χ2n) is 5.84. The van der Waals surface area contributed by atoms with Crippen LogP contribution in [0, 0.1) is 6.92 Å². The second kappa shape index (κ2) is 6.55. The maximum Gasteiger partial charge on any atom is 0.259 e. The van der Waals surface area contributed by atoms with Crippen molar-refractivity contribution in [2.45, 2.75) is 32.6 Å². The van der Waals surface area contributed by atoms with E-state index < -0.39 is 0 Å². The van der Waals surface area contributed by atoms with Gasteiger partial charge in [-0.15, -0.1) is 0 Å². The number of pyridine rings is 1. The lowest BCUT2D eigenvalue weighted by Crippen LogP contribution is -2.24. The summed E-state index contributed by atoms with van der Waals surface area (Å²) in [6, 6.07) is 7.30. The molecule has 118 valence electrons. The maximum absolute atomic E-state index is 12.6. The molecular weight excluding hydrogens is 310 g/mol. The first-order valence-corrected chi connectivity index (χ1v) is 8.17. The quantitative estimate of drug-likeness (QED) is 0.681. The van der Waals surface area contributed by atoms with E-state index in [-0.39, 0.29) is 16.9 Å². The molecule has 1 heterocycles. The van der Waals surface area contributed by atoms with Crippen molar-refractivity contribution in [1.29, 1.82) is 0 Å². The minimum atomic E-state index is -0.294. The summed E-state index contributed by atoms with van der Waals surface area (Å²) in [6.45, 7) is 1.90. The lowest BCUT2D eigenvalue weighted by Gasteiger charge is -2.19. The fraction of sp³-hybridized carbons (Fsp3) is 0.263. The zero-order valence-corrected chi connectivity index (χ0v) is 13.7. The van der Waals surface area contributed by atoms with Crippen LogP contribution in [0.5, 0.6) is 0 Å². The molecule has 3 rings (SSSR count). The van der Waals surface area contributed by atoms with Gasteiger partial charge in [0.15, 0.2) is 5.78 Å². The van der Waals surface area contributed by atoms with E-state index in [1.165, 1.54) is 6.08 Å². The molecule has 0 fully saturated rings. The summed E-state index contributed by atoms with van der Waals surface area (Å²) in [4.78, 5) is 27.7. The number of aromatic nitrogens is 1. The Bertz CT molecular complexity index is 849. The smallest absolute Gasteiger partial charge is 0.259 e. The topological polar surface area (TPSA) is 49.9 Å². The SMILES string of the molecule is Cc1[nH]c(=O)c(C(=O)/C=C/c2ccccc2Cl)c2c1CCCC2. The maximum atomic E-state index is 12.6. The Hall–Kier alpha value is -2.13. The molecule has 0 saturated heterocycles. The highest BCUT2D eigenvalue weighted by Crippen LogP contribution is 2.25.